The van der Waals surface area contributed by atoms with Gasteiger partial charge < -0.3 is 19.7 Å². The molecule has 0 amide bonds. The number of nitrogens with zero attached hydrogens (tertiary/aromatic N) is 4. The van der Waals surface area contributed by atoms with Gasteiger partial charge in [-0.05, 0) is 18.6 Å². The van der Waals surface area contributed by atoms with Crippen LogP contribution in [0.1, 0.15) is 12.5 Å². The summed E-state index contributed by atoms with van der Waals surface area (Å²) in [4.78, 5) is 15.2. The van der Waals surface area contributed by atoms with Gasteiger partial charge in [-0.15, -0.1) is 0 Å². The van der Waals surface area contributed by atoms with E-state index in [1.807, 2.05) is 12.3 Å². The van der Waals surface area contributed by atoms with Gasteiger partial charge in [-0.3, -0.25) is 0 Å². The average molecular weight is 315 g/mol. The van der Waals surface area contributed by atoms with Gasteiger partial charge in [0.05, 0.1) is 19.8 Å². The summed E-state index contributed by atoms with van der Waals surface area (Å²) in [6.07, 6.45) is 3.79. The molecule has 1 N–H and O–H groups in total. The number of methoxy groups -OCH3 is 1. The normalized spacial score (nSPS) is 17.8. The third-order valence-corrected chi connectivity index (χ3v) is 3.66. The standard InChI is InChI=1S/C16H21N5O2/c1-12-11-21(7-8-23-12)14-4-3-13(9-18-14)10-19-16-17-6-5-15(20-16)22-2/h3-6,9,12H,7-8,10-11H2,1-2H3,(H,17,19,20)/t12-/m1/s1. The fraction of sp³-hybridized carbons (Fsp3) is 0.438. The van der Waals surface area contributed by atoms with Crippen LogP contribution in [-0.4, -0.2) is 47.9 Å². The first-order valence-corrected chi connectivity index (χ1v) is 7.67. The van der Waals surface area contributed by atoms with Crippen LogP contribution in [0.5, 0.6) is 5.88 Å². The van der Waals surface area contributed by atoms with Crippen molar-refractivity contribution in [1.29, 1.82) is 0 Å². The maximum atomic E-state index is 5.56. The van der Waals surface area contributed by atoms with Crippen molar-refractivity contribution in [3.8, 4) is 5.88 Å². The predicted octanol–water partition coefficient (Wildman–Crippen LogP) is 1.72. The SMILES string of the molecule is COc1ccnc(NCc2ccc(N3CCO[C@H](C)C3)nc2)n1. The lowest BCUT2D eigenvalue weighted by atomic mass is 10.2. The molecule has 0 aliphatic carbocycles. The van der Waals surface area contributed by atoms with Crippen molar-refractivity contribution in [1.82, 2.24) is 15.0 Å². The van der Waals surface area contributed by atoms with E-state index in [0.29, 0.717) is 18.4 Å². The summed E-state index contributed by atoms with van der Waals surface area (Å²) in [5.74, 6) is 2.06. The number of morpholine rings is 1. The lowest BCUT2D eigenvalue weighted by molar-refractivity contribution is 0.0529. The molecule has 0 bridgehead atoms. The largest absolute Gasteiger partial charge is 0.481 e. The predicted molar refractivity (Wildman–Crippen MR) is 87.8 cm³/mol. The summed E-state index contributed by atoms with van der Waals surface area (Å²) < 4.78 is 10.6. The molecule has 3 rings (SSSR count). The Bertz CT molecular complexity index is 635. The van der Waals surface area contributed by atoms with Crippen molar-refractivity contribution in [2.24, 2.45) is 0 Å². The maximum Gasteiger partial charge on any atom is 0.226 e. The second-order valence-electron chi connectivity index (χ2n) is 5.43. The summed E-state index contributed by atoms with van der Waals surface area (Å²) >= 11 is 0. The van der Waals surface area contributed by atoms with Crippen LogP contribution in [0.4, 0.5) is 11.8 Å². The second kappa shape index (κ2) is 7.23. The van der Waals surface area contributed by atoms with Gasteiger partial charge in [0, 0.05) is 38.1 Å². The van der Waals surface area contributed by atoms with E-state index in [1.165, 1.54) is 0 Å². The molecule has 1 saturated heterocycles. The number of hydrogen-bond acceptors (Lipinski definition) is 7. The molecule has 1 aliphatic rings. The molecular weight excluding hydrogens is 294 g/mol. The third kappa shape index (κ3) is 4.07. The van der Waals surface area contributed by atoms with Crippen LogP contribution < -0.4 is 15.0 Å². The molecule has 2 aromatic heterocycles. The Morgan fingerprint density at radius 3 is 3.00 bits per heavy atom. The molecule has 122 valence electrons. The van der Waals surface area contributed by atoms with Crippen molar-refractivity contribution >= 4 is 11.8 Å². The molecule has 0 unspecified atom stereocenters. The van der Waals surface area contributed by atoms with E-state index >= 15 is 0 Å². The molecule has 7 nitrogen and oxygen atoms in total. The molecule has 0 radical (unpaired) electrons. The molecule has 0 spiro atoms. The topological polar surface area (TPSA) is 72.4 Å². The van der Waals surface area contributed by atoms with Gasteiger partial charge >= 0.3 is 0 Å². The highest BCUT2D eigenvalue weighted by molar-refractivity contribution is 5.40. The number of hydrogen-bond donors (Lipinski definition) is 1. The number of pyridine rings is 1. The highest BCUT2D eigenvalue weighted by Gasteiger charge is 2.17. The van der Waals surface area contributed by atoms with Gasteiger partial charge in [0.15, 0.2) is 0 Å². The number of aromatic nitrogens is 3. The second-order valence-corrected chi connectivity index (χ2v) is 5.43. The zero-order valence-corrected chi connectivity index (χ0v) is 13.4. The molecular formula is C16H21N5O2. The Morgan fingerprint density at radius 2 is 2.26 bits per heavy atom. The van der Waals surface area contributed by atoms with E-state index in [2.05, 4.69) is 38.2 Å². The van der Waals surface area contributed by atoms with Crippen LogP contribution in [-0.2, 0) is 11.3 Å². The van der Waals surface area contributed by atoms with E-state index in [-0.39, 0.29) is 6.10 Å². The number of rotatable bonds is 5. The molecule has 1 aliphatic heterocycles. The average Bonchev–Trinajstić information content (AvgIpc) is 2.60. The smallest absolute Gasteiger partial charge is 0.226 e. The van der Waals surface area contributed by atoms with Gasteiger partial charge in [-0.1, -0.05) is 6.07 Å². The van der Waals surface area contributed by atoms with E-state index in [1.54, 1.807) is 19.4 Å². The van der Waals surface area contributed by atoms with Crippen molar-refractivity contribution < 1.29 is 9.47 Å². The van der Waals surface area contributed by atoms with E-state index in [9.17, 15) is 0 Å². The maximum absolute atomic E-state index is 5.56. The Morgan fingerprint density at radius 1 is 1.35 bits per heavy atom. The molecule has 1 atom stereocenters. The highest BCUT2D eigenvalue weighted by atomic mass is 16.5. The molecule has 3 heterocycles. The molecule has 23 heavy (non-hydrogen) atoms. The minimum atomic E-state index is 0.247. The Balaban J connectivity index is 1.59. The molecule has 2 aromatic rings. The highest BCUT2D eigenvalue weighted by Crippen LogP contribution is 2.16. The van der Waals surface area contributed by atoms with Crippen LogP contribution in [0, 0.1) is 0 Å². The van der Waals surface area contributed by atoms with Crippen LogP contribution >= 0.6 is 0 Å². The van der Waals surface area contributed by atoms with Crippen LogP contribution in [0.2, 0.25) is 0 Å². The number of ether oxygens (including phenoxy) is 2. The van der Waals surface area contributed by atoms with Crippen molar-refractivity contribution in [3.05, 3.63) is 36.2 Å². The van der Waals surface area contributed by atoms with Gasteiger partial charge in [-0.25, -0.2) is 9.97 Å². The van der Waals surface area contributed by atoms with Crippen molar-refractivity contribution in [2.75, 3.05) is 37.0 Å². The molecule has 0 saturated carbocycles. The molecule has 1 fully saturated rings. The van der Waals surface area contributed by atoms with Crippen molar-refractivity contribution in [3.63, 3.8) is 0 Å². The van der Waals surface area contributed by atoms with E-state index < -0.39 is 0 Å². The first-order valence-electron chi connectivity index (χ1n) is 7.67. The minimum absolute atomic E-state index is 0.247. The lowest BCUT2D eigenvalue weighted by Crippen LogP contribution is -2.41. The summed E-state index contributed by atoms with van der Waals surface area (Å²) in [6, 6.07) is 5.82. The molecule has 7 heteroatoms. The third-order valence-electron chi connectivity index (χ3n) is 3.66. The minimum Gasteiger partial charge on any atom is -0.481 e. The summed E-state index contributed by atoms with van der Waals surface area (Å²) in [7, 11) is 1.58. The van der Waals surface area contributed by atoms with E-state index in [4.69, 9.17) is 9.47 Å². The summed E-state index contributed by atoms with van der Waals surface area (Å²) in [5, 5.41) is 3.17. The van der Waals surface area contributed by atoms with Crippen molar-refractivity contribution in [2.45, 2.75) is 19.6 Å². The quantitative estimate of drug-likeness (QED) is 0.900. The Labute approximate surface area is 135 Å². The number of anilines is 2. The van der Waals surface area contributed by atoms with Gasteiger partial charge in [-0.2, -0.15) is 4.98 Å². The van der Waals surface area contributed by atoms with Crippen LogP contribution in [0.25, 0.3) is 0 Å². The first kappa shape index (κ1) is 15.5. The summed E-state index contributed by atoms with van der Waals surface area (Å²) in [6.45, 7) is 5.20. The van der Waals surface area contributed by atoms with Gasteiger partial charge in [0.1, 0.15) is 5.82 Å². The lowest BCUT2D eigenvalue weighted by Gasteiger charge is -2.32. The summed E-state index contributed by atoms with van der Waals surface area (Å²) in [5.41, 5.74) is 1.07. The van der Waals surface area contributed by atoms with E-state index in [0.717, 1.165) is 31.1 Å². The fourth-order valence-electron chi connectivity index (χ4n) is 2.46. The Kier molecular flexibility index (Phi) is 4.87. The Hall–Kier alpha value is -2.41. The molecule has 0 aromatic carbocycles. The van der Waals surface area contributed by atoms with Gasteiger partial charge in [0.25, 0.3) is 0 Å². The first-order chi connectivity index (χ1) is 11.2. The van der Waals surface area contributed by atoms with Crippen LogP contribution in [0.3, 0.4) is 0 Å². The zero-order chi connectivity index (χ0) is 16.1. The zero-order valence-electron chi connectivity index (χ0n) is 13.4. The van der Waals surface area contributed by atoms with Crippen LogP contribution in [0.15, 0.2) is 30.6 Å². The number of nitrogens with one attached hydrogen (secondary N) is 1. The monoisotopic (exact) mass is 315 g/mol. The van der Waals surface area contributed by atoms with Gasteiger partial charge in [0.2, 0.25) is 11.8 Å². The fourth-order valence-corrected chi connectivity index (χ4v) is 2.46.